The Kier molecular flexibility index (Phi) is 5.53. The summed E-state index contributed by atoms with van der Waals surface area (Å²) in [6.07, 6.45) is 0. The third-order valence-corrected chi connectivity index (χ3v) is 5.33. The first-order valence-corrected chi connectivity index (χ1v) is 8.56. The average molecular weight is 292 g/mol. The highest BCUT2D eigenvalue weighted by Gasteiger charge is 2.31. The highest BCUT2D eigenvalue weighted by Crippen LogP contribution is 2.29. The van der Waals surface area contributed by atoms with Crippen LogP contribution in [0.1, 0.15) is 26.3 Å². The van der Waals surface area contributed by atoms with Crippen molar-refractivity contribution in [2.24, 2.45) is 0 Å². The lowest BCUT2D eigenvalue weighted by molar-refractivity contribution is 0.210. The normalized spacial score (nSPS) is 27.2. The molecule has 1 aliphatic rings. The standard InChI is InChI=1S/C17H28N2S/c1-14-10-19(11-15(2)20-14)13-17(3,12-18-4)16-8-6-5-7-9-16/h5-9,14-15,18H,10-13H2,1-4H3. The molecule has 0 spiro atoms. The van der Waals surface area contributed by atoms with E-state index < -0.39 is 0 Å². The molecule has 0 aromatic heterocycles. The maximum atomic E-state index is 3.39. The number of thioether (sulfide) groups is 1. The SMILES string of the molecule is CNCC(C)(CN1CC(C)SC(C)C1)c1ccccc1. The fourth-order valence-electron chi connectivity index (χ4n) is 3.39. The van der Waals surface area contributed by atoms with Crippen LogP contribution in [-0.4, -0.2) is 48.6 Å². The highest BCUT2D eigenvalue weighted by atomic mass is 32.2. The molecule has 0 aliphatic carbocycles. The second kappa shape index (κ2) is 6.97. The molecule has 20 heavy (non-hydrogen) atoms. The molecule has 0 bridgehead atoms. The first kappa shape index (κ1) is 15.9. The topological polar surface area (TPSA) is 15.3 Å². The van der Waals surface area contributed by atoms with E-state index in [0.29, 0.717) is 0 Å². The van der Waals surface area contributed by atoms with E-state index in [9.17, 15) is 0 Å². The van der Waals surface area contributed by atoms with Crippen LogP contribution in [0.15, 0.2) is 30.3 Å². The van der Waals surface area contributed by atoms with E-state index in [1.54, 1.807) is 0 Å². The van der Waals surface area contributed by atoms with E-state index in [2.05, 4.69) is 80.1 Å². The fourth-order valence-corrected chi connectivity index (χ4v) is 4.77. The third kappa shape index (κ3) is 4.00. The van der Waals surface area contributed by atoms with Crippen LogP contribution in [0.4, 0.5) is 0 Å². The summed E-state index contributed by atoms with van der Waals surface area (Å²) in [7, 11) is 2.05. The summed E-state index contributed by atoms with van der Waals surface area (Å²) < 4.78 is 0. The summed E-state index contributed by atoms with van der Waals surface area (Å²) >= 11 is 2.12. The van der Waals surface area contributed by atoms with Crippen molar-refractivity contribution in [3.63, 3.8) is 0 Å². The number of hydrogen-bond donors (Lipinski definition) is 1. The van der Waals surface area contributed by atoms with Gasteiger partial charge in [0.15, 0.2) is 0 Å². The summed E-state index contributed by atoms with van der Waals surface area (Å²) in [4.78, 5) is 2.65. The van der Waals surface area contributed by atoms with Crippen LogP contribution in [0.2, 0.25) is 0 Å². The minimum atomic E-state index is 0.178. The van der Waals surface area contributed by atoms with Gasteiger partial charge in [-0.25, -0.2) is 0 Å². The predicted molar refractivity (Wildman–Crippen MR) is 90.7 cm³/mol. The molecular formula is C17H28N2S. The quantitative estimate of drug-likeness (QED) is 0.898. The molecule has 2 nitrogen and oxygen atoms in total. The lowest BCUT2D eigenvalue weighted by Crippen LogP contribution is -2.49. The zero-order valence-electron chi connectivity index (χ0n) is 13.2. The molecule has 3 atom stereocenters. The van der Waals surface area contributed by atoms with Crippen molar-refractivity contribution in [1.29, 1.82) is 0 Å². The molecule has 1 aromatic carbocycles. The summed E-state index contributed by atoms with van der Waals surface area (Å²) in [5.41, 5.74) is 1.62. The van der Waals surface area contributed by atoms with Crippen molar-refractivity contribution >= 4 is 11.8 Å². The van der Waals surface area contributed by atoms with E-state index in [4.69, 9.17) is 0 Å². The maximum Gasteiger partial charge on any atom is 0.0176 e. The molecule has 1 fully saturated rings. The van der Waals surface area contributed by atoms with Gasteiger partial charge in [-0.3, -0.25) is 0 Å². The zero-order chi connectivity index (χ0) is 14.6. The molecule has 1 heterocycles. The van der Waals surface area contributed by atoms with Gasteiger partial charge >= 0.3 is 0 Å². The Balaban J connectivity index is 2.12. The molecule has 1 aliphatic heterocycles. The Morgan fingerprint density at radius 1 is 1.20 bits per heavy atom. The van der Waals surface area contributed by atoms with Crippen LogP contribution < -0.4 is 5.32 Å². The molecule has 0 saturated carbocycles. The van der Waals surface area contributed by atoms with Gasteiger partial charge in [-0.2, -0.15) is 11.8 Å². The molecule has 1 saturated heterocycles. The molecule has 0 amide bonds. The third-order valence-electron chi connectivity index (χ3n) is 4.11. The van der Waals surface area contributed by atoms with Crippen LogP contribution >= 0.6 is 11.8 Å². The first-order chi connectivity index (χ1) is 9.53. The van der Waals surface area contributed by atoms with Gasteiger partial charge in [0.05, 0.1) is 0 Å². The van der Waals surface area contributed by atoms with Crippen LogP contribution in [0, 0.1) is 0 Å². The van der Waals surface area contributed by atoms with Crippen LogP contribution in [0.25, 0.3) is 0 Å². The second-order valence-electron chi connectivity index (χ2n) is 6.41. The maximum absolute atomic E-state index is 3.39. The van der Waals surface area contributed by atoms with Crippen molar-refractivity contribution in [3.05, 3.63) is 35.9 Å². The number of rotatable bonds is 5. The molecular weight excluding hydrogens is 264 g/mol. The van der Waals surface area contributed by atoms with Crippen molar-refractivity contribution in [2.75, 3.05) is 33.2 Å². The molecule has 3 unspecified atom stereocenters. The number of benzene rings is 1. The fraction of sp³-hybridized carbons (Fsp3) is 0.647. The van der Waals surface area contributed by atoms with Crippen LogP contribution in [0.5, 0.6) is 0 Å². The minimum absolute atomic E-state index is 0.178. The molecule has 1 aromatic rings. The van der Waals surface area contributed by atoms with E-state index in [1.807, 2.05) is 0 Å². The van der Waals surface area contributed by atoms with Crippen LogP contribution in [0.3, 0.4) is 0 Å². The summed E-state index contributed by atoms with van der Waals surface area (Å²) in [6, 6.07) is 10.9. The zero-order valence-corrected chi connectivity index (χ0v) is 14.0. The number of hydrogen-bond acceptors (Lipinski definition) is 3. The van der Waals surface area contributed by atoms with Crippen molar-refractivity contribution in [1.82, 2.24) is 10.2 Å². The van der Waals surface area contributed by atoms with Gasteiger partial charge in [-0.1, -0.05) is 51.1 Å². The molecule has 0 radical (unpaired) electrons. The van der Waals surface area contributed by atoms with Gasteiger partial charge in [-0.15, -0.1) is 0 Å². The Hall–Kier alpha value is -0.510. The number of nitrogens with one attached hydrogen (secondary N) is 1. The average Bonchev–Trinajstić information content (AvgIpc) is 2.38. The van der Waals surface area contributed by atoms with Gasteiger partial charge in [0.1, 0.15) is 0 Å². The van der Waals surface area contributed by atoms with E-state index in [1.165, 1.54) is 18.7 Å². The second-order valence-corrected chi connectivity index (χ2v) is 8.29. The van der Waals surface area contributed by atoms with Gasteiger partial charge in [0.25, 0.3) is 0 Å². The van der Waals surface area contributed by atoms with E-state index >= 15 is 0 Å². The highest BCUT2D eigenvalue weighted by molar-refractivity contribution is 8.00. The summed E-state index contributed by atoms with van der Waals surface area (Å²) in [6.45, 7) is 11.7. The van der Waals surface area contributed by atoms with Gasteiger partial charge in [-0.05, 0) is 12.6 Å². The largest absolute Gasteiger partial charge is 0.319 e. The van der Waals surface area contributed by atoms with Gasteiger partial charge in [0, 0.05) is 42.1 Å². The Labute approximate surface area is 128 Å². The summed E-state index contributed by atoms with van der Waals surface area (Å²) in [5.74, 6) is 0. The lowest BCUT2D eigenvalue weighted by Gasteiger charge is -2.41. The lowest BCUT2D eigenvalue weighted by atomic mass is 9.81. The van der Waals surface area contributed by atoms with Gasteiger partial charge < -0.3 is 10.2 Å². The predicted octanol–water partition coefficient (Wildman–Crippen LogP) is 2.99. The molecule has 1 N–H and O–H groups in total. The molecule has 3 heteroatoms. The van der Waals surface area contributed by atoms with E-state index in [0.717, 1.165) is 23.6 Å². The monoisotopic (exact) mass is 292 g/mol. The van der Waals surface area contributed by atoms with Crippen molar-refractivity contribution in [2.45, 2.75) is 36.7 Å². The number of likely N-dealkylation sites (N-methyl/N-ethyl adjacent to an activating group) is 1. The molecule has 2 rings (SSSR count). The molecule has 112 valence electrons. The minimum Gasteiger partial charge on any atom is -0.319 e. The van der Waals surface area contributed by atoms with Gasteiger partial charge in [0.2, 0.25) is 0 Å². The van der Waals surface area contributed by atoms with E-state index in [-0.39, 0.29) is 5.41 Å². The van der Waals surface area contributed by atoms with Crippen LogP contribution in [-0.2, 0) is 5.41 Å². The van der Waals surface area contributed by atoms with Crippen molar-refractivity contribution < 1.29 is 0 Å². The van der Waals surface area contributed by atoms with Crippen molar-refractivity contribution in [3.8, 4) is 0 Å². The first-order valence-electron chi connectivity index (χ1n) is 7.61. The number of nitrogens with zero attached hydrogens (tertiary/aromatic N) is 1. The Bertz CT molecular complexity index is 399. The smallest absolute Gasteiger partial charge is 0.0176 e. The Morgan fingerprint density at radius 2 is 1.80 bits per heavy atom. The Morgan fingerprint density at radius 3 is 2.35 bits per heavy atom. The summed E-state index contributed by atoms with van der Waals surface area (Å²) in [5, 5.41) is 4.87.